The molecule has 0 amide bonds. The van der Waals surface area contributed by atoms with E-state index >= 15 is 0 Å². The highest BCUT2D eigenvalue weighted by Gasteiger charge is 2.04. The van der Waals surface area contributed by atoms with Crippen molar-refractivity contribution < 1.29 is 5.11 Å². The zero-order valence-electron chi connectivity index (χ0n) is 9.09. The summed E-state index contributed by atoms with van der Waals surface area (Å²) in [5.74, 6) is 0.267. The maximum absolute atomic E-state index is 9.34. The Morgan fingerprint density at radius 1 is 1.25 bits per heavy atom. The first kappa shape index (κ1) is 10.5. The normalized spacial score (nSPS) is 12.1. The number of nitrogens with zero attached hydrogens (tertiary/aromatic N) is 1. The van der Waals surface area contributed by atoms with E-state index < -0.39 is 0 Å². The number of benzene rings is 1. The molecule has 3 nitrogen and oxygen atoms in total. The van der Waals surface area contributed by atoms with Crippen molar-refractivity contribution in [1.82, 2.24) is 4.98 Å². The van der Waals surface area contributed by atoms with Crippen LogP contribution in [0.5, 0.6) is 5.75 Å². The van der Waals surface area contributed by atoms with Crippen LogP contribution in [0.3, 0.4) is 0 Å². The molecule has 82 valence electrons. The van der Waals surface area contributed by atoms with Gasteiger partial charge in [0.2, 0.25) is 0 Å². The van der Waals surface area contributed by atoms with E-state index in [-0.39, 0.29) is 11.8 Å². The van der Waals surface area contributed by atoms with Gasteiger partial charge in [-0.3, -0.25) is 4.98 Å². The van der Waals surface area contributed by atoms with Gasteiger partial charge in [0.15, 0.2) is 0 Å². The van der Waals surface area contributed by atoms with Gasteiger partial charge in [-0.2, -0.15) is 0 Å². The summed E-state index contributed by atoms with van der Waals surface area (Å²) in [6.45, 7) is 2.06. The van der Waals surface area contributed by atoms with Crippen LogP contribution >= 0.6 is 0 Å². The standard InChI is InChI=1S/C13H14N2O/c1-10(11-4-3-7-14-9-11)15-12-5-2-6-13(16)8-12/h2-10,15-16H,1H3. The molecule has 0 saturated heterocycles. The molecule has 0 saturated carbocycles. The summed E-state index contributed by atoms with van der Waals surface area (Å²) in [6.07, 6.45) is 3.59. The molecule has 0 aliphatic carbocycles. The fourth-order valence-corrected chi connectivity index (χ4v) is 1.56. The van der Waals surface area contributed by atoms with Crippen molar-refractivity contribution in [3.63, 3.8) is 0 Å². The van der Waals surface area contributed by atoms with E-state index in [1.165, 1.54) is 0 Å². The molecule has 0 spiro atoms. The Morgan fingerprint density at radius 2 is 2.12 bits per heavy atom. The van der Waals surface area contributed by atoms with Gasteiger partial charge in [-0.05, 0) is 30.7 Å². The smallest absolute Gasteiger partial charge is 0.117 e. The lowest BCUT2D eigenvalue weighted by Gasteiger charge is -2.15. The molecule has 0 fully saturated rings. The number of anilines is 1. The third kappa shape index (κ3) is 2.51. The lowest BCUT2D eigenvalue weighted by Crippen LogP contribution is -2.06. The zero-order chi connectivity index (χ0) is 11.4. The van der Waals surface area contributed by atoms with Crippen LogP contribution in [0, 0.1) is 0 Å². The van der Waals surface area contributed by atoms with Crippen molar-refractivity contribution in [3.05, 3.63) is 54.4 Å². The number of pyridine rings is 1. The van der Waals surface area contributed by atoms with E-state index in [1.807, 2.05) is 30.5 Å². The van der Waals surface area contributed by atoms with Crippen molar-refractivity contribution in [2.75, 3.05) is 5.32 Å². The largest absolute Gasteiger partial charge is 0.508 e. The predicted octanol–water partition coefficient (Wildman–Crippen LogP) is 2.96. The summed E-state index contributed by atoms with van der Waals surface area (Å²) in [4.78, 5) is 4.08. The summed E-state index contributed by atoms with van der Waals surface area (Å²) >= 11 is 0. The van der Waals surface area contributed by atoms with E-state index in [9.17, 15) is 5.11 Å². The van der Waals surface area contributed by atoms with Crippen LogP contribution in [0.1, 0.15) is 18.5 Å². The Bertz CT molecular complexity index is 456. The molecule has 0 bridgehead atoms. The SMILES string of the molecule is CC(Nc1cccc(O)c1)c1cccnc1. The first-order valence-corrected chi connectivity index (χ1v) is 5.21. The number of aromatic nitrogens is 1. The highest BCUT2D eigenvalue weighted by atomic mass is 16.3. The van der Waals surface area contributed by atoms with Gasteiger partial charge in [-0.15, -0.1) is 0 Å². The maximum atomic E-state index is 9.34. The highest BCUT2D eigenvalue weighted by molar-refractivity contribution is 5.49. The Hall–Kier alpha value is -2.03. The minimum atomic E-state index is 0.162. The predicted molar refractivity (Wildman–Crippen MR) is 64.4 cm³/mol. The molecule has 2 N–H and O–H groups in total. The molecule has 0 radical (unpaired) electrons. The monoisotopic (exact) mass is 214 g/mol. The van der Waals surface area contributed by atoms with Gasteiger partial charge >= 0.3 is 0 Å². The molecule has 1 unspecified atom stereocenters. The summed E-state index contributed by atoms with van der Waals surface area (Å²) < 4.78 is 0. The Balaban J connectivity index is 2.11. The molecular formula is C13H14N2O. The number of nitrogens with one attached hydrogen (secondary N) is 1. The molecule has 16 heavy (non-hydrogen) atoms. The van der Waals surface area contributed by atoms with Crippen LogP contribution in [0.15, 0.2) is 48.8 Å². The second-order valence-electron chi connectivity index (χ2n) is 3.70. The molecule has 1 aromatic heterocycles. The van der Waals surface area contributed by atoms with Crippen molar-refractivity contribution in [2.45, 2.75) is 13.0 Å². The molecule has 1 heterocycles. The number of hydrogen-bond donors (Lipinski definition) is 2. The number of phenols is 1. The first-order valence-electron chi connectivity index (χ1n) is 5.21. The van der Waals surface area contributed by atoms with Crippen LogP contribution in [0.2, 0.25) is 0 Å². The van der Waals surface area contributed by atoms with Gasteiger partial charge < -0.3 is 10.4 Å². The number of rotatable bonds is 3. The molecular weight excluding hydrogens is 200 g/mol. The van der Waals surface area contributed by atoms with E-state index in [4.69, 9.17) is 0 Å². The lowest BCUT2D eigenvalue weighted by atomic mass is 10.1. The fourth-order valence-electron chi connectivity index (χ4n) is 1.56. The minimum Gasteiger partial charge on any atom is -0.508 e. The van der Waals surface area contributed by atoms with Crippen LogP contribution in [-0.4, -0.2) is 10.1 Å². The van der Waals surface area contributed by atoms with E-state index in [0.29, 0.717) is 0 Å². The van der Waals surface area contributed by atoms with Crippen LogP contribution in [0.25, 0.3) is 0 Å². The third-order valence-electron chi connectivity index (χ3n) is 2.41. The van der Waals surface area contributed by atoms with Crippen LogP contribution < -0.4 is 5.32 Å². The summed E-state index contributed by atoms with van der Waals surface area (Å²) in [6, 6.07) is 11.2. The first-order chi connectivity index (χ1) is 7.75. The molecule has 2 aromatic rings. The van der Waals surface area contributed by atoms with Gasteiger partial charge in [0.1, 0.15) is 5.75 Å². The molecule has 0 aliphatic rings. The van der Waals surface area contributed by atoms with Crippen molar-refractivity contribution in [1.29, 1.82) is 0 Å². The Labute approximate surface area is 94.8 Å². The summed E-state index contributed by atoms with van der Waals surface area (Å²) in [7, 11) is 0. The number of hydrogen-bond acceptors (Lipinski definition) is 3. The van der Waals surface area contributed by atoms with Crippen molar-refractivity contribution in [2.24, 2.45) is 0 Å². The highest BCUT2D eigenvalue weighted by Crippen LogP contribution is 2.21. The number of aromatic hydroxyl groups is 1. The summed E-state index contributed by atoms with van der Waals surface area (Å²) in [5.41, 5.74) is 2.02. The second kappa shape index (κ2) is 4.66. The topological polar surface area (TPSA) is 45.1 Å². The maximum Gasteiger partial charge on any atom is 0.117 e. The van der Waals surface area contributed by atoms with Crippen molar-refractivity contribution >= 4 is 5.69 Å². The van der Waals surface area contributed by atoms with E-state index in [2.05, 4.69) is 17.2 Å². The average Bonchev–Trinajstić information content (AvgIpc) is 2.30. The van der Waals surface area contributed by atoms with Gasteiger partial charge in [0.05, 0.1) is 6.04 Å². The lowest BCUT2D eigenvalue weighted by molar-refractivity contribution is 0.475. The van der Waals surface area contributed by atoms with Gasteiger partial charge in [-0.25, -0.2) is 0 Å². The van der Waals surface area contributed by atoms with Crippen LogP contribution in [0.4, 0.5) is 5.69 Å². The third-order valence-corrected chi connectivity index (χ3v) is 2.41. The Kier molecular flexibility index (Phi) is 3.05. The zero-order valence-corrected chi connectivity index (χ0v) is 9.09. The quantitative estimate of drug-likeness (QED) is 0.825. The van der Waals surface area contributed by atoms with Gasteiger partial charge in [0.25, 0.3) is 0 Å². The van der Waals surface area contributed by atoms with Crippen molar-refractivity contribution in [3.8, 4) is 5.75 Å². The molecule has 2 rings (SSSR count). The second-order valence-corrected chi connectivity index (χ2v) is 3.70. The van der Waals surface area contributed by atoms with Gasteiger partial charge in [0, 0.05) is 24.1 Å². The number of phenolic OH excluding ortho intramolecular Hbond substituents is 1. The summed E-state index contributed by atoms with van der Waals surface area (Å²) in [5, 5.41) is 12.6. The average molecular weight is 214 g/mol. The van der Waals surface area contributed by atoms with E-state index in [1.54, 1.807) is 18.3 Å². The Morgan fingerprint density at radius 3 is 2.81 bits per heavy atom. The molecule has 0 aliphatic heterocycles. The van der Waals surface area contributed by atoms with Gasteiger partial charge in [-0.1, -0.05) is 12.1 Å². The molecule has 3 heteroatoms. The van der Waals surface area contributed by atoms with Crippen LogP contribution in [-0.2, 0) is 0 Å². The fraction of sp³-hybridized carbons (Fsp3) is 0.154. The molecule has 1 aromatic carbocycles. The van der Waals surface area contributed by atoms with E-state index in [0.717, 1.165) is 11.3 Å². The molecule has 1 atom stereocenters. The minimum absolute atomic E-state index is 0.162.